The second-order valence-electron chi connectivity index (χ2n) is 5.63. The van der Waals surface area contributed by atoms with E-state index in [1.54, 1.807) is 53.3 Å². The van der Waals surface area contributed by atoms with Gasteiger partial charge < -0.3 is 9.90 Å². The molecule has 7 heteroatoms. The van der Waals surface area contributed by atoms with Crippen molar-refractivity contribution in [2.75, 3.05) is 5.32 Å². The average Bonchev–Trinajstić information content (AvgIpc) is 3.03. The lowest BCUT2D eigenvalue weighted by Crippen LogP contribution is -2.37. The molecule has 0 saturated carbocycles. The Morgan fingerprint density at radius 1 is 1.32 bits per heavy atom. The molecule has 0 aliphatic heterocycles. The number of hydrogen-bond acceptors (Lipinski definition) is 3. The van der Waals surface area contributed by atoms with Crippen LogP contribution in [0.15, 0.2) is 48.7 Å². The van der Waals surface area contributed by atoms with Crippen molar-refractivity contribution in [1.29, 1.82) is 0 Å². The predicted octanol–water partition coefficient (Wildman–Crippen LogP) is 4.13. The molecule has 1 heterocycles. The first-order valence-corrected chi connectivity index (χ1v) is 8.09. The zero-order chi connectivity index (χ0) is 18.0. The van der Waals surface area contributed by atoms with E-state index in [2.05, 4.69) is 10.4 Å². The maximum Gasteiger partial charge on any atom is 0.409 e. The summed E-state index contributed by atoms with van der Waals surface area (Å²) < 4.78 is 1.63. The minimum atomic E-state index is -1.16. The number of hydrogen-bond donors (Lipinski definition) is 2. The molecule has 1 amide bonds. The van der Waals surface area contributed by atoms with Gasteiger partial charge in [-0.05, 0) is 36.2 Å². The van der Waals surface area contributed by atoms with Crippen molar-refractivity contribution in [3.05, 3.63) is 59.2 Å². The van der Waals surface area contributed by atoms with Gasteiger partial charge in [0, 0.05) is 10.4 Å². The molecule has 0 radical (unpaired) electrons. The van der Waals surface area contributed by atoms with Crippen LogP contribution in [0.2, 0.25) is 5.02 Å². The van der Waals surface area contributed by atoms with Crippen LogP contribution in [0, 0.1) is 0 Å². The molecule has 1 atom stereocenters. The Morgan fingerprint density at radius 2 is 2.04 bits per heavy atom. The maximum atomic E-state index is 12.1. The van der Waals surface area contributed by atoms with Gasteiger partial charge in [-0.2, -0.15) is 5.10 Å². The number of anilines is 1. The summed E-state index contributed by atoms with van der Waals surface area (Å²) in [6, 6.07) is 12.2. The standard InChI is InChI=1S/C18H16ClN3O3/c1-2-18(11-23,12-6-8-13(19)9-7-12)22-16-5-3-4-15(21-17(24)25)14(16)10-20-22/h3-11,21H,2H2,1H3,(H,24,25). The van der Waals surface area contributed by atoms with Crippen molar-refractivity contribution in [2.45, 2.75) is 18.9 Å². The van der Waals surface area contributed by atoms with Crippen molar-refractivity contribution in [3.63, 3.8) is 0 Å². The van der Waals surface area contributed by atoms with Crippen molar-refractivity contribution < 1.29 is 14.7 Å². The van der Waals surface area contributed by atoms with Gasteiger partial charge >= 0.3 is 6.09 Å². The van der Waals surface area contributed by atoms with Crippen molar-refractivity contribution in [1.82, 2.24) is 9.78 Å². The Bertz CT molecular complexity index is 936. The summed E-state index contributed by atoms with van der Waals surface area (Å²) in [4.78, 5) is 23.1. The number of carboxylic acid groups (broad SMARTS) is 1. The highest BCUT2D eigenvalue weighted by Gasteiger charge is 2.34. The molecule has 128 valence electrons. The number of amides is 1. The van der Waals surface area contributed by atoms with Gasteiger partial charge in [-0.1, -0.05) is 36.7 Å². The van der Waals surface area contributed by atoms with Gasteiger partial charge in [0.2, 0.25) is 0 Å². The van der Waals surface area contributed by atoms with Crippen molar-refractivity contribution in [3.8, 4) is 0 Å². The predicted molar refractivity (Wildman–Crippen MR) is 96.3 cm³/mol. The smallest absolute Gasteiger partial charge is 0.409 e. The van der Waals surface area contributed by atoms with Gasteiger partial charge in [0.15, 0.2) is 6.29 Å². The number of carbonyl (C=O) groups is 2. The maximum absolute atomic E-state index is 12.1. The van der Waals surface area contributed by atoms with Gasteiger partial charge in [0.25, 0.3) is 0 Å². The van der Waals surface area contributed by atoms with Crippen LogP contribution in [0.4, 0.5) is 10.5 Å². The quantitative estimate of drug-likeness (QED) is 0.672. The SMILES string of the molecule is CCC(C=O)(c1ccc(Cl)cc1)n1ncc2c(NC(=O)O)cccc21. The molecular formula is C18H16ClN3O3. The lowest BCUT2D eigenvalue weighted by Gasteiger charge is -2.29. The second-order valence-corrected chi connectivity index (χ2v) is 6.06. The molecule has 0 aliphatic carbocycles. The first-order chi connectivity index (χ1) is 12.0. The molecule has 1 unspecified atom stereocenters. The topological polar surface area (TPSA) is 84.2 Å². The average molecular weight is 358 g/mol. The van der Waals surface area contributed by atoms with Crippen LogP contribution in [0.25, 0.3) is 10.9 Å². The van der Waals surface area contributed by atoms with E-state index < -0.39 is 11.6 Å². The molecular weight excluding hydrogens is 342 g/mol. The highest BCUT2D eigenvalue weighted by Crippen LogP contribution is 2.33. The molecule has 2 N–H and O–H groups in total. The Hall–Kier alpha value is -2.86. The first kappa shape index (κ1) is 17.0. The van der Waals surface area contributed by atoms with E-state index in [1.807, 2.05) is 6.92 Å². The molecule has 0 spiro atoms. The molecule has 3 aromatic rings. The monoisotopic (exact) mass is 357 g/mol. The minimum Gasteiger partial charge on any atom is -0.465 e. The summed E-state index contributed by atoms with van der Waals surface area (Å²) in [6.07, 6.45) is 1.74. The largest absolute Gasteiger partial charge is 0.465 e. The summed E-state index contributed by atoms with van der Waals surface area (Å²) in [5, 5.41) is 16.9. The van der Waals surface area contributed by atoms with Crippen LogP contribution in [0.1, 0.15) is 18.9 Å². The zero-order valence-corrected chi connectivity index (χ0v) is 14.2. The van der Waals surface area contributed by atoms with Gasteiger partial charge in [-0.15, -0.1) is 0 Å². The highest BCUT2D eigenvalue weighted by atomic mass is 35.5. The Kier molecular flexibility index (Phi) is 4.46. The number of carbonyl (C=O) groups excluding carboxylic acids is 1. The summed E-state index contributed by atoms with van der Waals surface area (Å²) in [6.45, 7) is 1.90. The molecule has 0 aliphatic rings. The summed E-state index contributed by atoms with van der Waals surface area (Å²) in [5.41, 5.74) is 0.836. The number of halogens is 1. The number of nitrogens with zero attached hydrogens (tertiary/aromatic N) is 2. The number of fused-ring (bicyclic) bond motifs is 1. The van der Waals surface area contributed by atoms with Crippen LogP contribution in [-0.4, -0.2) is 27.3 Å². The lowest BCUT2D eigenvalue weighted by atomic mass is 9.88. The Morgan fingerprint density at radius 3 is 2.64 bits per heavy atom. The van der Waals surface area contributed by atoms with Crippen molar-refractivity contribution >= 4 is 40.6 Å². The van der Waals surface area contributed by atoms with E-state index in [9.17, 15) is 9.59 Å². The van der Waals surface area contributed by atoms with E-state index in [1.165, 1.54) is 0 Å². The fraction of sp³-hybridized carbons (Fsp3) is 0.167. The first-order valence-electron chi connectivity index (χ1n) is 7.71. The molecule has 3 rings (SSSR count). The van der Waals surface area contributed by atoms with Gasteiger partial charge in [-0.3, -0.25) is 5.32 Å². The summed E-state index contributed by atoms with van der Waals surface area (Å²) in [5.74, 6) is 0. The summed E-state index contributed by atoms with van der Waals surface area (Å²) >= 11 is 5.96. The Balaban J connectivity index is 2.22. The highest BCUT2D eigenvalue weighted by molar-refractivity contribution is 6.30. The number of benzene rings is 2. The number of aldehydes is 1. The molecule has 0 bridgehead atoms. The van der Waals surface area contributed by atoms with Crippen LogP contribution < -0.4 is 5.32 Å². The van der Waals surface area contributed by atoms with Gasteiger partial charge in [-0.25, -0.2) is 9.48 Å². The number of nitrogens with one attached hydrogen (secondary N) is 1. The third kappa shape index (κ3) is 2.85. The zero-order valence-electron chi connectivity index (χ0n) is 13.4. The van der Waals surface area contributed by atoms with E-state index in [0.717, 1.165) is 11.8 Å². The van der Waals surface area contributed by atoms with Gasteiger partial charge in [0.1, 0.15) is 5.54 Å². The van der Waals surface area contributed by atoms with Crippen LogP contribution in [0.3, 0.4) is 0 Å². The number of rotatable bonds is 5. The fourth-order valence-electron chi connectivity index (χ4n) is 3.01. The lowest BCUT2D eigenvalue weighted by molar-refractivity contribution is -0.114. The molecule has 25 heavy (non-hydrogen) atoms. The third-order valence-electron chi connectivity index (χ3n) is 4.31. The van der Waals surface area contributed by atoms with E-state index >= 15 is 0 Å². The number of aromatic nitrogens is 2. The van der Waals surface area contributed by atoms with E-state index in [-0.39, 0.29) is 0 Å². The molecule has 2 aromatic carbocycles. The Labute approximate surface area is 149 Å². The van der Waals surface area contributed by atoms with Crippen LogP contribution in [-0.2, 0) is 10.3 Å². The molecule has 0 saturated heterocycles. The molecule has 1 aromatic heterocycles. The fourth-order valence-corrected chi connectivity index (χ4v) is 3.14. The second kappa shape index (κ2) is 6.57. The van der Waals surface area contributed by atoms with Crippen molar-refractivity contribution in [2.24, 2.45) is 0 Å². The third-order valence-corrected chi connectivity index (χ3v) is 4.56. The van der Waals surface area contributed by atoms with Crippen LogP contribution >= 0.6 is 11.6 Å². The van der Waals surface area contributed by atoms with E-state index in [0.29, 0.717) is 28.0 Å². The van der Waals surface area contributed by atoms with Gasteiger partial charge in [0.05, 0.1) is 17.4 Å². The van der Waals surface area contributed by atoms with E-state index in [4.69, 9.17) is 16.7 Å². The molecule has 6 nitrogen and oxygen atoms in total. The minimum absolute atomic E-state index is 0.420. The van der Waals surface area contributed by atoms with Crippen LogP contribution in [0.5, 0.6) is 0 Å². The molecule has 0 fully saturated rings. The normalized spacial score (nSPS) is 13.4. The summed E-state index contributed by atoms with van der Waals surface area (Å²) in [7, 11) is 0.